The third-order valence-corrected chi connectivity index (χ3v) is 2.76. The standard InChI is InChI=1S/C12H15N5/c1-6-4-9-8(3)15-12(17-11(13)14)16-10(9)5-7(6)2/h4-5H,1-3H3,(H4,13,14,15,16,17)/p+1. The molecule has 88 valence electrons. The van der Waals surface area contributed by atoms with Gasteiger partial charge in [0.1, 0.15) is 5.52 Å². The number of fused-ring (bicyclic) bond motifs is 1. The molecule has 0 unspecified atom stereocenters. The van der Waals surface area contributed by atoms with Gasteiger partial charge in [-0.05, 0) is 44.0 Å². The first-order chi connectivity index (χ1) is 7.97. The van der Waals surface area contributed by atoms with Gasteiger partial charge in [0, 0.05) is 5.39 Å². The summed E-state index contributed by atoms with van der Waals surface area (Å²) in [6.07, 6.45) is 0. The zero-order valence-corrected chi connectivity index (χ0v) is 10.2. The summed E-state index contributed by atoms with van der Waals surface area (Å²) in [7, 11) is 0. The molecule has 0 fully saturated rings. The molecule has 0 saturated carbocycles. The maximum absolute atomic E-state index is 5.38. The van der Waals surface area contributed by atoms with Crippen LogP contribution in [0.3, 0.4) is 0 Å². The number of hydrogen-bond donors (Lipinski definition) is 3. The van der Waals surface area contributed by atoms with E-state index in [-0.39, 0.29) is 5.96 Å². The van der Waals surface area contributed by atoms with Crippen LogP contribution in [0.2, 0.25) is 0 Å². The van der Waals surface area contributed by atoms with Crippen molar-refractivity contribution in [1.82, 2.24) is 9.97 Å². The van der Waals surface area contributed by atoms with E-state index in [0.717, 1.165) is 16.6 Å². The molecule has 1 aromatic carbocycles. The molecule has 0 radical (unpaired) electrons. The average Bonchev–Trinajstić information content (AvgIpc) is 2.20. The Hall–Kier alpha value is -2.17. The Morgan fingerprint density at radius 1 is 1.06 bits per heavy atom. The van der Waals surface area contributed by atoms with Crippen LogP contribution in [0, 0.1) is 20.8 Å². The molecule has 1 heterocycles. The Balaban J connectivity index is 2.73. The third kappa shape index (κ3) is 2.18. The van der Waals surface area contributed by atoms with E-state index in [2.05, 4.69) is 34.9 Å². The second-order valence-electron chi connectivity index (χ2n) is 4.17. The van der Waals surface area contributed by atoms with Gasteiger partial charge < -0.3 is 11.5 Å². The van der Waals surface area contributed by atoms with Crippen molar-refractivity contribution in [3.63, 3.8) is 0 Å². The molecule has 0 aliphatic rings. The molecule has 0 bridgehead atoms. The molecule has 0 aliphatic heterocycles. The summed E-state index contributed by atoms with van der Waals surface area (Å²) in [6, 6.07) is 4.14. The van der Waals surface area contributed by atoms with Gasteiger partial charge >= 0.3 is 5.95 Å². The SMILES string of the molecule is Cc1cc2nc([NH+]=C(N)N)nc(C)c2cc1C. The van der Waals surface area contributed by atoms with Crippen LogP contribution < -0.4 is 16.5 Å². The van der Waals surface area contributed by atoms with E-state index in [1.807, 2.05) is 13.0 Å². The quantitative estimate of drug-likeness (QED) is 0.456. The Morgan fingerprint density at radius 2 is 1.71 bits per heavy atom. The molecule has 5 nitrogen and oxygen atoms in total. The van der Waals surface area contributed by atoms with Crippen molar-refractivity contribution in [2.45, 2.75) is 20.8 Å². The largest absolute Gasteiger partial charge is 0.354 e. The molecular weight excluding hydrogens is 214 g/mol. The van der Waals surface area contributed by atoms with Crippen LogP contribution in [0.4, 0.5) is 5.95 Å². The molecule has 2 aromatic rings. The van der Waals surface area contributed by atoms with Gasteiger partial charge in [-0.2, -0.15) is 0 Å². The maximum Gasteiger partial charge on any atom is 0.354 e. The van der Waals surface area contributed by atoms with E-state index in [9.17, 15) is 0 Å². The number of guanidine groups is 1. The number of aromatic nitrogens is 2. The van der Waals surface area contributed by atoms with Gasteiger partial charge in [-0.25, -0.2) is 4.99 Å². The minimum absolute atomic E-state index is 0.0904. The first-order valence-electron chi connectivity index (χ1n) is 5.38. The van der Waals surface area contributed by atoms with Gasteiger partial charge in [-0.15, -0.1) is 9.97 Å². The van der Waals surface area contributed by atoms with Gasteiger partial charge in [0.25, 0.3) is 5.96 Å². The van der Waals surface area contributed by atoms with Crippen LogP contribution in [-0.2, 0) is 0 Å². The van der Waals surface area contributed by atoms with E-state index >= 15 is 0 Å². The lowest BCUT2D eigenvalue weighted by atomic mass is 10.1. The zero-order valence-electron chi connectivity index (χ0n) is 10.2. The van der Waals surface area contributed by atoms with Crippen molar-refractivity contribution in [2.24, 2.45) is 11.5 Å². The van der Waals surface area contributed by atoms with Gasteiger partial charge in [-0.3, -0.25) is 0 Å². The van der Waals surface area contributed by atoms with Crippen LogP contribution in [0.15, 0.2) is 12.1 Å². The van der Waals surface area contributed by atoms with E-state index in [1.165, 1.54) is 11.1 Å². The fraction of sp³-hybridized carbons (Fsp3) is 0.250. The monoisotopic (exact) mass is 230 g/mol. The van der Waals surface area contributed by atoms with E-state index in [0.29, 0.717) is 5.95 Å². The lowest BCUT2D eigenvalue weighted by Crippen LogP contribution is -2.73. The summed E-state index contributed by atoms with van der Waals surface area (Å²) >= 11 is 0. The lowest BCUT2D eigenvalue weighted by molar-refractivity contribution is -0.366. The van der Waals surface area contributed by atoms with Crippen molar-refractivity contribution >= 4 is 22.8 Å². The van der Waals surface area contributed by atoms with Crippen molar-refractivity contribution in [3.8, 4) is 0 Å². The highest BCUT2D eigenvalue weighted by molar-refractivity contribution is 5.83. The first kappa shape index (κ1) is 11.3. The Bertz CT molecular complexity index is 612. The van der Waals surface area contributed by atoms with Crippen LogP contribution >= 0.6 is 0 Å². The topological polar surface area (TPSA) is 91.8 Å². The fourth-order valence-electron chi connectivity index (χ4n) is 1.73. The number of aryl methyl sites for hydroxylation is 3. The van der Waals surface area contributed by atoms with Gasteiger partial charge in [0.15, 0.2) is 0 Å². The highest BCUT2D eigenvalue weighted by atomic mass is 15.1. The normalized spacial score (nSPS) is 10.5. The molecule has 0 atom stereocenters. The van der Waals surface area contributed by atoms with Crippen molar-refractivity contribution in [3.05, 3.63) is 29.0 Å². The molecule has 0 saturated heterocycles. The number of nitrogens with one attached hydrogen (secondary N) is 1. The first-order valence-corrected chi connectivity index (χ1v) is 5.38. The maximum atomic E-state index is 5.38. The molecule has 5 heteroatoms. The summed E-state index contributed by atoms with van der Waals surface area (Å²) in [4.78, 5) is 11.4. The molecule has 1 aromatic heterocycles. The Kier molecular flexibility index (Phi) is 2.67. The predicted molar refractivity (Wildman–Crippen MR) is 67.8 cm³/mol. The molecule has 0 amide bonds. The second-order valence-corrected chi connectivity index (χ2v) is 4.17. The van der Waals surface area contributed by atoms with Crippen LogP contribution in [-0.4, -0.2) is 15.9 Å². The lowest BCUT2D eigenvalue weighted by Gasteiger charge is -2.03. The second kappa shape index (κ2) is 4.01. The molecule has 17 heavy (non-hydrogen) atoms. The van der Waals surface area contributed by atoms with E-state index in [4.69, 9.17) is 11.5 Å². The van der Waals surface area contributed by atoms with Crippen LogP contribution in [0.5, 0.6) is 0 Å². The smallest absolute Gasteiger partial charge is 0.323 e. The highest BCUT2D eigenvalue weighted by Gasteiger charge is 2.09. The summed E-state index contributed by atoms with van der Waals surface area (Å²) in [6.45, 7) is 6.07. The minimum Gasteiger partial charge on any atom is -0.323 e. The number of benzene rings is 1. The van der Waals surface area contributed by atoms with Crippen LogP contribution in [0.25, 0.3) is 10.9 Å². The molecule has 0 spiro atoms. The average molecular weight is 230 g/mol. The number of rotatable bonds is 1. The predicted octanol–water partition coefficient (Wildman–Crippen LogP) is -0.459. The van der Waals surface area contributed by atoms with E-state index < -0.39 is 0 Å². The summed E-state index contributed by atoms with van der Waals surface area (Å²) in [5, 5.41) is 1.05. The van der Waals surface area contributed by atoms with Crippen molar-refractivity contribution < 1.29 is 4.99 Å². The van der Waals surface area contributed by atoms with Gasteiger partial charge in [-0.1, -0.05) is 0 Å². The zero-order chi connectivity index (χ0) is 12.6. The molecule has 5 N–H and O–H groups in total. The fourth-order valence-corrected chi connectivity index (χ4v) is 1.73. The molecular formula is C12H16N5+. The summed E-state index contributed by atoms with van der Waals surface area (Å²) < 4.78 is 0. The third-order valence-electron chi connectivity index (χ3n) is 2.76. The molecule has 2 rings (SSSR count). The number of nitrogens with two attached hydrogens (primary N) is 2. The van der Waals surface area contributed by atoms with Crippen molar-refractivity contribution in [1.29, 1.82) is 0 Å². The summed E-state index contributed by atoms with van der Waals surface area (Å²) in [5.74, 6) is 0.519. The van der Waals surface area contributed by atoms with Gasteiger partial charge in [0.05, 0.1) is 5.69 Å². The van der Waals surface area contributed by atoms with Gasteiger partial charge in [0.2, 0.25) is 0 Å². The minimum atomic E-state index is 0.0904. The Morgan fingerprint density at radius 3 is 2.35 bits per heavy atom. The summed E-state index contributed by atoms with van der Waals surface area (Å²) in [5.41, 5.74) is 15.0. The Labute approximate surface area is 99.6 Å². The van der Waals surface area contributed by atoms with Crippen molar-refractivity contribution in [2.75, 3.05) is 0 Å². The molecule has 0 aliphatic carbocycles. The number of nitrogens with zero attached hydrogens (tertiary/aromatic N) is 2. The highest BCUT2D eigenvalue weighted by Crippen LogP contribution is 2.20. The number of hydrogen-bond acceptors (Lipinski definition) is 2. The van der Waals surface area contributed by atoms with Crippen LogP contribution in [0.1, 0.15) is 16.8 Å². The van der Waals surface area contributed by atoms with E-state index in [1.54, 1.807) is 0 Å².